The number of carbonyl (C=O) groups is 1. The predicted molar refractivity (Wildman–Crippen MR) is 115 cm³/mol. The highest BCUT2D eigenvalue weighted by atomic mass is 79.9. The molecule has 0 radical (unpaired) electrons. The number of benzene rings is 1. The zero-order valence-corrected chi connectivity index (χ0v) is 18.2. The maximum Gasteiger partial charge on any atom is 0.231 e. The molecule has 0 saturated carbocycles. The van der Waals surface area contributed by atoms with E-state index in [4.69, 9.17) is 0 Å². The molecule has 1 atom stereocenters. The first kappa shape index (κ1) is 20.5. The van der Waals surface area contributed by atoms with E-state index in [0.29, 0.717) is 12.5 Å². The van der Waals surface area contributed by atoms with Crippen LogP contribution in [0.1, 0.15) is 20.8 Å². The van der Waals surface area contributed by atoms with E-state index in [-0.39, 0.29) is 11.8 Å². The minimum Gasteiger partial charge on any atom is -0.309 e. The monoisotopic (exact) mass is 446 g/mol. The lowest BCUT2D eigenvalue weighted by atomic mass is 10.1. The molecule has 3 rings (SSSR count). The minimum atomic E-state index is -0.233. The number of fused-ring (bicyclic) bond motifs is 1. The Hall–Kier alpha value is -2.19. The van der Waals surface area contributed by atoms with E-state index in [2.05, 4.69) is 54.6 Å². The van der Waals surface area contributed by atoms with Gasteiger partial charge in [-0.1, -0.05) is 32.9 Å². The number of hydrogen-bond donors (Lipinski definition) is 1. The molecule has 150 valence electrons. The lowest BCUT2D eigenvalue weighted by molar-refractivity contribution is -0.119. The molecule has 1 aromatic carbocycles. The number of halogens is 1. The van der Waals surface area contributed by atoms with E-state index in [1.165, 1.54) is 0 Å². The molecular weight excluding hydrogens is 420 g/mol. The molecule has 0 fully saturated rings. The standard InChI is InChI=1S/C20H27BrN6O/c1-4-25(5-2)10-11-27-18-9-7-6-8-17(18)23-20(27)24-19(28)15(3)13-26-14-16(21)12-22-26/h6-9,12,14-15H,4-5,10-11,13H2,1-3H3,(H,23,24,28)/t15-/m0/s1. The number of amides is 1. The maximum atomic E-state index is 12.8. The molecule has 0 spiro atoms. The van der Waals surface area contributed by atoms with Gasteiger partial charge in [0.15, 0.2) is 0 Å². The number of anilines is 1. The number of nitrogens with one attached hydrogen (secondary N) is 1. The second-order valence-electron chi connectivity index (χ2n) is 6.87. The molecule has 0 aliphatic heterocycles. The predicted octanol–water partition coefficient (Wildman–Crippen LogP) is 3.61. The van der Waals surface area contributed by atoms with Crippen molar-refractivity contribution in [2.45, 2.75) is 33.9 Å². The van der Waals surface area contributed by atoms with Gasteiger partial charge in [0.05, 0.1) is 34.2 Å². The summed E-state index contributed by atoms with van der Waals surface area (Å²) in [6.45, 7) is 10.4. The summed E-state index contributed by atoms with van der Waals surface area (Å²) in [5, 5.41) is 7.26. The third kappa shape index (κ3) is 4.80. The van der Waals surface area contributed by atoms with E-state index in [0.717, 1.165) is 41.7 Å². The lowest BCUT2D eigenvalue weighted by Crippen LogP contribution is -2.29. The van der Waals surface area contributed by atoms with Crippen molar-refractivity contribution in [1.82, 2.24) is 24.2 Å². The van der Waals surface area contributed by atoms with Crippen LogP contribution in [0.4, 0.5) is 5.95 Å². The zero-order valence-electron chi connectivity index (χ0n) is 16.6. The molecule has 0 bridgehead atoms. The van der Waals surface area contributed by atoms with Crippen molar-refractivity contribution in [1.29, 1.82) is 0 Å². The van der Waals surface area contributed by atoms with Gasteiger partial charge in [0, 0.05) is 19.3 Å². The van der Waals surface area contributed by atoms with Crippen LogP contribution < -0.4 is 5.32 Å². The number of carbonyl (C=O) groups excluding carboxylic acids is 1. The smallest absolute Gasteiger partial charge is 0.231 e. The van der Waals surface area contributed by atoms with Gasteiger partial charge in [-0.25, -0.2) is 4.98 Å². The average Bonchev–Trinajstić information content (AvgIpc) is 3.25. The molecule has 0 saturated heterocycles. The summed E-state index contributed by atoms with van der Waals surface area (Å²) in [5.41, 5.74) is 1.93. The Morgan fingerprint density at radius 3 is 2.71 bits per heavy atom. The summed E-state index contributed by atoms with van der Waals surface area (Å²) < 4.78 is 4.76. The minimum absolute atomic E-state index is 0.0639. The highest BCUT2D eigenvalue weighted by Crippen LogP contribution is 2.20. The number of likely N-dealkylation sites (N-methyl/N-ethyl adjacent to an activating group) is 1. The van der Waals surface area contributed by atoms with Crippen LogP contribution in [0.25, 0.3) is 11.0 Å². The Morgan fingerprint density at radius 2 is 2.04 bits per heavy atom. The Kier molecular flexibility index (Phi) is 6.85. The molecule has 2 aromatic heterocycles. The fourth-order valence-electron chi connectivity index (χ4n) is 3.21. The molecule has 0 aliphatic rings. The second-order valence-corrected chi connectivity index (χ2v) is 7.79. The lowest BCUT2D eigenvalue weighted by Gasteiger charge is -2.19. The van der Waals surface area contributed by atoms with Crippen molar-refractivity contribution in [3.8, 4) is 0 Å². The first-order valence-corrected chi connectivity index (χ1v) is 10.5. The number of para-hydroxylation sites is 2. The molecule has 28 heavy (non-hydrogen) atoms. The number of rotatable bonds is 9. The van der Waals surface area contributed by atoms with E-state index in [9.17, 15) is 4.79 Å². The summed E-state index contributed by atoms with van der Waals surface area (Å²) >= 11 is 3.38. The van der Waals surface area contributed by atoms with Gasteiger partial charge >= 0.3 is 0 Å². The van der Waals surface area contributed by atoms with Crippen LogP contribution in [-0.2, 0) is 17.9 Å². The van der Waals surface area contributed by atoms with E-state index >= 15 is 0 Å². The fraction of sp³-hybridized carbons (Fsp3) is 0.450. The van der Waals surface area contributed by atoms with Crippen molar-refractivity contribution < 1.29 is 4.79 Å². The van der Waals surface area contributed by atoms with Crippen molar-refractivity contribution in [2.24, 2.45) is 5.92 Å². The molecule has 7 nitrogen and oxygen atoms in total. The molecule has 0 aliphatic carbocycles. The quantitative estimate of drug-likeness (QED) is 0.544. The first-order valence-electron chi connectivity index (χ1n) is 9.68. The Balaban J connectivity index is 1.77. The van der Waals surface area contributed by atoms with Crippen LogP contribution in [0.15, 0.2) is 41.1 Å². The third-order valence-electron chi connectivity index (χ3n) is 4.93. The van der Waals surface area contributed by atoms with Crippen molar-refractivity contribution in [3.05, 3.63) is 41.1 Å². The van der Waals surface area contributed by atoms with Crippen molar-refractivity contribution in [3.63, 3.8) is 0 Å². The van der Waals surface area contributed by atoms with Gasteiger partial charge in [-0.15, -0.1) is 0 Å². The summed E-state index contributed by atoms with van der Waals surface area (Å²) in [4.78, 5) is 19.8. The fourth-order valence-corrected chi connectivity index (χ4v) is 3.54. The van der Waals surface area contributed by atoms with E-state index in [1.807, 2.05) is 37.4 Å². The van der Waals surface area contributed by atoms with Crippen LogP contribution in [-0.4, -0.2) is 49.8 Å². The Labute approximate surface area is 173 Å². The average molecular weight is 447 g/mol. The van der Waals surface area contributed by atoms with Crippen molar-refractivity contribution in [2.75, 3.05) is 25.0 Å². The summed E-state index contributed by atoms with van der Waals surface area (Å²) in [5.74, 6) is 0.306. The van der Waals surface area contributed by atoms with Crippen LogP contribution >= 0.6 is 15.9 Å². The topological polar surface area (TPSA) is 68.0 Å². The number of nitrogens with zero attached hydrogens (tertiary/aromatic N) is 5. The van der Waals surface area contributed by atoms with Crippen molar-refractivity contribution >= 4 is 38.8 Å². The summed E-state index contributed by atoms with van der Waals surface area (Å²) in [7, 11) is 0. The zero-order chi connectivity index (χ0) is 20.1. The van der Waals surface area contributed by atoms with Crippen LogP contribution in [0.5, 0.6) is 0 Å². The Bertz CT molecular complexity index is 930. The number of aromatic nitrogens is 4. The van der Waals surface area contributed by atoms with Gasteiger partial charge in [0.25, 0.3) is 0 Å². The molecule has 2 heterocycles. The normalized spacial score (nSPS) is 12.6. The van der Waals surface area contributed by atoms with Gasteiger partial charge in [-0.3, -0.25) is 14.8 Å². The van der Waals surface area contributed by atoms with Gasteiger partial charge < -0.3 is 9.47 Å². The van der Waals surface area contributed by atoms with Gasteiger partial charge in [0.1, 0.15) is 0 Å². The Morgan fingerprint density at radius 1 is 1.29 bits per heavy atom. The second kappa shape index (κ2) is 9.34. The molecule has 1 amide bonds. The maximum absolute atomic E-state index is 12.8. The van der Waals surface area contributed by atoms with Crippen LogP contribution in [0.2, 0.25) is 0 Å². The van der Waals surface area contributed by atoms with Gasteiger partial charge in [-0.2, -0.15) is 5.10 Å². The third-order valence-corrected chi connectivity index (χ3v) is 5.34. The largest absolute Gasteiger partial charge is 0.309 e. The molecule has 0 unspecified atom stereocenters. The highest BCUT2D eigenvalue weighted by Gasteiger charge is 2.19. The van der Waals surface area contributed by atoms with Crippen LogP contribution in [0, 0.1) is 5.92 Å². The number of hydrogen-bond acceptors (Lipinski definition) is 4. The summed E-state index contributed by atoms with van der Waals surface area (Å²) in [6.07, 6.45) is 3.58. The molecular formula is C20H27BrN6O. The molecule has 8 heteroatoms. The van der Waals surface area contributed by atoms with Crippen LogP contribution in [0.3, 0.4) is 0 Å². The van der Waals surface area contributed by atoms with Gasteiger partial charge in [0.2, 0.25) is 11.9 Å². The van der Waals surface area contributed by atoms with E-state index < -0.39 is 0 Å². The molecule has 3 aromatic rings. The molecule has 1 N–H and O–H groups in total. The number of imidazole rings is 1. The first-order chi connectivity index (χ1) is 13.5. The van der Waals surface area contributed by atoms with E-state index in [1.54, 1.807) is 10.9 Å². The van der Waals surface area contributed by atoms with Gasteiger partial charge in [-0.05, 0) is 41.2 Å². The SMILES string of the molecule is CCN(CC)CCn1c(NC(=O)[C@@H](C)Cn2cc(Br)cn2)nc2ccccc21. The highest BCUT2D eigenvalue weighted by molar-refractivity contribution is 9.10. The summed E-state index contributed by atoms with van der Waals surface area (Å²) in [6, 6.07) is 7.99.